The number of imidazole rings is 1. The molecule has 1 saturated heterocycles. The van der Waals surface area contributed by atoms with Crippen LogP contribution in [0.1, 0.15) is 17.9 Å². The van der Waals surface area contributed by atoms with Gasteiger partial charge in [0.1, 0.15) is 5.82 Å². The minimum Gasteiger partial charge on any atom is -0.315 e. The second-order valence-electron chi connectivity index (χ2n) is 4.19. The van der Waals surface area contributed by atoms with Crippen LogP contribution in [0.2, 0.25) is 0 Å². The van der Waals surface area contributed by atoms with E-state index in [2.05, 4.69) is 10.3 Å². The van der Waals surface area contributed by atoms with Crippen molar-refractivity contribution in [2.75, 3.05) is 13.1 Å². The van der Waals surface area contributed by atoms with E-state index in [1.165, 1.54) is 0 Å². The first kappa shape index (κ1) is 14.3. The third kappa shape index (κ3) is 2.14. The van der Waals surface area contributed by atoms with Gasteiger partial charge < -0.3 is 10.2 Å². The first-order valence-corrected chi connectivity index (χ1v) is 5.32. The monoisotopic (exact) mass is 278 g/mol. The number of nitrogens with one attached hydrogen (secondary N) is 1. The van der Waals surface area contributed by atoms with Crippen molar-refractivity contribution in [3.05, 3.63) is 17.7 Å². The summed E-state index contributed by atoms with van der Waals surface area (Å²) in [5, 5.41) is 3.28. The van der Waals surface area contributed by atoms with E-state index in [9.17, 15) is 4.79 Å². The molecule has 17 heavy (non-hydrogen) atoms. The molecule has 7 heteroatoms. The summed E-state index contributed by atoms with van der Waals surface area (Å²) in [4.78, 5) is 18.2. The number of rotatable bonds is 1. The molecule has 1 atom stereocenters. The quantitative estimate of drug-likeness (QED) is 0.840. The lowest BCUT2D eigenvalue weighted by Crippen LogP contribution is -2.38. The Morgan fingerprint density at radius 3 is 2.82 bits per heavy atom. The fourth-order valence-corrected chi connectivity index (χ4v) is 2.43. The number of halogens is 2. The topological polar surface area (TPSA) is 50.2 Å². The summed E-state index contributed by atoms with van der Waals surface area (Å²) in [7, 11) is 0. The molecule has 1 amide bonds. The van der Waals surface area contributed by atoms with Gasteiger partial charge in [-0.25, -0.2) is 9.78 Å². The first-order chi connectivity index (χ1) is 7.27. The molecule has 3 rings (SSSR count). The van der Waals surface area contributed by atoms with Crippen LogP contribution < -0.4 is 5.32 Å². The zero-order valence-corrected chi connectivity index (χ0v) is 11.2. The Labute approximate surface area is 112 Å². The highest BCUT2D eigenvalue weighted by Gasteiger charge is 2.34. The normalized spacial score (nSPS) is 22.1. The lowest BCUT2D eigenvalue weighted by atomic mass is 10.2. The molecular formula is C10H16Cl2N4O. The summed E-state index contributed by atoms with van der Waals surface area (Å²) >= 11 is 0. The van der Waals surface area contributed by atoms with E-state index in [0.29, 0.717) is 12.6 Å². The highest BCUT2D eigenvalue weighted by molar-refractivity contribution is 5.85. The molecule has 1 fully saturated rings. The van der Waals surface area contributed by atoms with E-state index in [0.717, 1.165) is 31.0 Å². The molecule has 0 spiro atoms. The number of fused-ring (bicyclic) bond motifs is 1. The minimum absolute atomic E-state index is 0. The summed E-state index contributed by atoms with van der Waals surface area (Å²) < 4.78 is 1.72. The van der Waals surface area contributed by atoms with Crippen molar-refractivity contribution in [3.63, 3.8) is 0 Å². The van der Waals surface area contributed by atoms with Crippen LogP contribution in [0.25, 0.3) is 0 Å². The maximum atomic E-state index is 12.1. The van der Waals surface area contributed by atoms with E-state index in [4.69, 9.17) is 0 Å². The summed E-state index contributed by atoms with van der Waals surface area (Å²) in [5.41, 5.74) is 1.02. The van der Waals surface area contributed by atoms with E-state index < -0.39 is 0 Å². The summed E-state index contributed by atoms with van der Waals surface area (Å²) in [6, 6.07) is 0.450. The van der Waals surface area contributed by atoms with Crippen LogP contribution in [-0.2, 0) is 6.54 Å². The number of hydrogen-bond acceptors (Lipinski definition) is 3. The Bertz CT molecular complexity index is 414. The van der Waals surface area contributed by atoms with Gasteiger partial charge >= 0.3 is 6.03 Å². The molecule has 3 heterocycles. The standard InChI is InChI=1S/C10H14N4O.2ClH/c1-7-12-5-9-6-13(10(15)14(7)9)8-2-3-11-4-8;;/h5,8,11H,2-4,6H2,1H3;2*1H. The van der Waals surface area contributed by atoms with Gasteiger partial charge in [-0.05, 0) is 19.9 Å². The Balaban J connectivity index is 0.000000722. The number of carbonyl (C=O) groups is 1. The molecular weight excluding hydrogens is 263 g/mol. The molecule has 1 N–H and O–H groups in total. The maximum absolute atomic E-state index is 12.1. The first-order valence-electron chi connectivity index (χ1n) is 5.32. The summed E-state index contributed by atoms with van der Waals surface area (Å²) in [5.74, 6) is 0.795. The molecule has 1 unspecified atom stereocenters. The van der Waals surface area contributed by atoms with Gasteiger partial charge in [0.05, 0.1) is 18.4 Å². The van der Waals surface area contributed by atoms with Gasteiger partial charge in [0.25, 0.3) is 0 Å². The number of hydrogen-bond donors (Lipinski definition) is 1. The second-order valence-corrected chi connectivity index (χ2v) is 4.19. The molecule has 0 saturated carbocycles. The molecule has 0 aliphatic carbocycles. The van der Waals surface area contributed by atoms with Crippen LogP contribution in [0.5, 0.6) is 0 Å². The molecule has 0 aromatic carbocycles. The smallest absolute Gasteiger partial charge is 0.315 e. The van der Waals surface area contributed by atoms with Crippen molar-refractivity contribution in [3.8, 4) is 0 Å². The zero-order valence-electron chi connectivity index (χ0n) is 9.55. The molecule has 2 aliphatic heterocycles. The molecule has 5 nitrogen and oxygen atoms in total. The Hall–Kier alpha value is -0.780. The lowest BCUT2D eigenvalue weighted by molar-refractivity contribution is 0.190. The average Bonchev–Trinajstić information content (AvgIpc) is 2.86. The van der Waals surface area contributed by atoms with Crippen molar-refractivity contribution in [1.29, 1.82) is 0 Å². The fraction of sp³-hybridized carbons (Fsp3) is 0.600. The minimum atomic E-state index is 0. The summed E-state index contributed by atoms with van der Waals surface area (Å²) in [6.07, 6.45) is 2.86. The van der Waals surface area contributed by atoms with E-state index in [1.807, 2.05) is 11.8 Å². The largest absolute Gasteiger partial charge is 0.330 e. The number of aromatic nitrogens is 2. The van der Waals surface area contributed by atoms with Crippen molar-refractivity contribution in [2.45, 2.75) is 25.9 Å². The van der Waals surface area contributed by atoms with Crippen LogP contribution >= 0.6 is 24.8 Å². The highest BCUT2D eigenvalue weighted by atomic mass is 35.5. The molecule has 0 bridgehead atoms. The fourth-order valence-electron chi connectivity index (χ4n) is 2.43. The number of carbonyl (C=O) groups excluding carboxylic acids is 1. The third-order valence-corrected chi connectivity index (χ3v) is 3.26. The maximum Gasteiger partial charge on any atom is 0.330 e. The Kier molecular flexibility index (Phi) is 4.41. The third-order valence-electron chi connectivity index (χ3n) is 3.26. The molecule has 96 valence electrons. The van der Waals surface area contributed by atoms with E-state index >= 15 is 0 Å². The lowest BCUT2D eigenvalue weighted by Gasteiger charge is -2.22. The number of amides is 1. The van der Waals surface area contributed by atoms with Gasteiger partial charge in [-0.15, -0.1) is 24.8 Å². The predicted molar refractivity (Wildman–Crippen MR) is 69.1 cm³/mol. The van der Waals surface area contributed by atoms with E-state index in [-0.39, 0.29) is 30.8 Å². The molecule has 2 aliphatic rings. The number of nitrogens with zero attached hydrogens (tertiary/aromatic N) is 3. The molecule has 1 aromatic heterocycles. The van der Waals surface area contributed by atoms with Crippen molar-refractivity contribution >= 4 is 30.8 Å². The van der Waals surface area contributed by atoms with Crippen molar-refractivity contribution in [2.24, 2.45) is 0 Å². The van der Waals surface area contributed by atoms with Gasteiger partial charge in [-0.1, -0.05) is 0 Å². The van der Waals surface area contributed by atoms with Crippen molar-refractivity contribution in [1.82, 2.24) is 19.8 Å². The van der Waals surface area contributed by atoms with Gasteiger partial charge in [0, 0.05) is 12.6 Å². The van der Waals surface area contributed by atoms with Gasteiger partial charge in [0.2, 0.25) is 0 Å². The average molecular weight is 279 g/mol. The highest BCUT2D eigenvalue weighted by Crippen LogP contribution is 2.22. The van der Waals surface area contributed by atoms with Crippen LogP contribution in [-0.4, -0.2) is 39.6 Å². The zero-order chi connectivity index (χ0) is 10.4. The molecule has 0 radical (unpaired) electrons. The SMILES string of the molecule is Cc1ncc2n1C(=O)N(C1CCNC1)C2.Cl.Cl. The second kappa shape index (κ2) is 5.25. The van der Waals surface area contributed by atoms with E-state index in [1.54, 1.807) is 10.8 Å². The Morgan fingerprint density at radius 1 is 1.47 bits per heavy atom. The van der Waals surface area contributed by atoms with Crippen LogP contribution in [0, 0.1) is 6.92 Å². The van der Waals surface area contributed by atoms with Gasteiger partial charge in [-0.2, -0.15) is 0 Å². The van der Waals surface area contributed by atoms with Gasteiger partial charge in [0.15, 0.2) is 0 Å². The van der Waals surface area contributed by atoms with Crippen LogP contribution in [0.15, 0.2) is 6.20 Å². The van der Waals surface area contributed by atoms with Gasteiger partial charge in [-0.3, -0.25) is 4.57 Å². The molecule has 1 aromatic rings. The Morgan fingerprint density at radius 2 is 2.24 bits per heavy atom. The number of aryl methyl sites for hydroxylation is 1. The van der Waals surface area contributed by atoms with Crippen LogP contribution in [0.3, 0.4) is 0 Å². The van der Waals surface area contributed by atoms with Crippen LogP contribution in [0.4, 0.5) is 4.79 Å². The predicted octanol–water partition coefficient (Wildman–Crippen LogP) is 1.18. The summed E-state index contributed by atoms with van der Waals surface area (Å²) in [6.45, 7) is 4.52. The van der Waals surface area contributed by atoms with Crippen molar-refractivity contribution < 1.29 is 4.79 Å².